The summed E-state index contributed by atoms with van der Waals surface area (Å²) in [5.41, 5.74) is 2.62. The molecule has 7 nitrogen and oxygen atoms in total. The maximum absolute atomic E-state index is 12.2. The molecular weight excluding hydrogens is 340 g/mol. The Morgan fingerprint density at radius 1 is 1.22 bits per heavy atom. The number of hydrogen-bond acceptors (Lipinski definition) is 5. The van der Waals surface area contributed by atoms with Gasteiger partial charge in [0.2, 0.25) is 5.95 Å². The monoisotopic (exact) mass is 368 g/mol. The second-order valence-corrected chi connectivity index (χ2v) is 7.32. The minimum absolute atomic E-state index is 0.295. The third kappa shape index (κ3) is 5.92. The van der Waals surface area contributed by atoms with Crippen LogP contribution in [0.25, 0.3) is 0 Å². The van der Waals surface area contributed by atoms with Crippen molar-refractivity contribution in [3.63, 3.8) is 0 Å². The third-order valence-corrected chi connectivity index (χ3v) is 4.65. The molecule has 1 saturated heterocycles. The Hall–Kier alpha value is -2.67. The summed E-state index contributed by atoms with van der Waals surface area (Å²) in [4.78, 5) is 23.3. The van der Waals surface area contributed by atoms with Gasteiger partial charge in [0.1, 0.15) is 5.82 Å². The highest BCUT2D eigenvalue weighted by Crippen LogP contribution is 2.17. The number of piperidine rings is 1. The molecule has 1 aliphatic rings. The molecule has 0 bridgehead atoms. The summed E-state index contributed by atoms with van der Waals surface area (Å²) in [6.07, 6.45) is 2.46. The van der Waals surface area contributed by atoms with Crippen molar-refractivity contribution in [1.29, 1.82) is 0 Å². The van der Waals surface area contributed by atoms with Gasteiger partial charge in [-0.25, -0.2) is 9.78 Å². The third-order valence-electron chi connectivity index (χ3n) is 4.65. The molecule has 27 heavy (non-hydrogen) atoms. The summed E-state index contributed by atoms with van der Waals surface area (Å²) < 4.78 is 0. The number of rotatable bonds is 5. The molecule has 0 spiro atoms. The Balaban J connectivity index is 1.58. The highest BCUT2D eigenvalue weighted by molar-refractivity contribution is 5.98. The first-order valence-corrected chi connectivity index (χ1v) is 9.41. The molecule has 1 aromatic heterocycles. The molecule has 7 heteroatoms. The van der Waals surface area contributed by atoms with Crippen molar-refractivity contribution in [3.8, 4) is 0 Å². The van der Waals surface area contributed by atoms with Crippen molar-refractivity contribution >= 4 is 23.5 Å². The van der Waals surface area contributed by atoms with Crippen LogP contribution in [0.5, 0.6) is 0 Å². The topological polar surface area (TPSA) is 82.2 Å². The molecule has 1 atom stereocenters. The van der Waals surface area contributed by atoms with Crippen molar-refractivity contribution in [3.05, 3.63) is 41.6 Å². The normalized spacial score (nSPS) is 17.4. The molecular formula is C20H28N6O. The molecule has 1 aliphatic heterocycles. The van der Waals surface area contributed by atoms with Crippen molar-refractivity contribution < 1.29 is 4.79 Å². The van der Waals surface area contributed by atoms with E-state index < -0.39 is 0 Å². The zero-order valence-corrected chi connectivity index (χ0v) is 16.2. The number of carbonyl (C=O) groups excluding carboxylic acids is 1. The standard InChI is InChI=1S/C20H28N6O/c1-14-6-4-8-17(10-14)23-20(27)25-19-22-15(2)11-18(24-19)21-12-16-7-5-9-26(3)13-16/h4,6,8,10-11,16H,5,7,9,12-13H2,1-3H3,(H3,21,22,23,24,25,27). The minimum Gasteiger partial charge on any atom is -0.370 e. The van der Waals surface area contributed by atoms with Crippen LogP contribution in [0.4, 0.5) is 22.2 Å². The molecule has 2 amide bonds. The van der Waals surface area contributed by atoms with Gasteiger partial charge in [0.15, 0.2) is 0 Å². The second-order valence-electron chi connectivity index (χ2n) is 7.32. The van der Waals surface area contributed by atoms with E-state index in [1.165, 1.54) is 19.4 Å². The lowest BCUT2D eigenvalue weighted by Crippen LogP contribution is -2.35. The number of benzene rings is 1. The molecule has 0 aliphatic carbocycles. The van der Waals surface area contributed by atoms with E-state index in [9.17, 15) is 4.79 Å². The lowest BCUT2D eigenvalue weighted by molar-refractivity contribution is 0.217. The van der Waals surface area contributed by atoms with Gasteiger partial charge < -0.3 is 15.5 Å². The number of hydrogen-bond donors (Lipinski definition) is 3. The average molecular weight is 368 g/mol. The van der Waals surface area contributed by atoms with E-state index in [2.05, 4.69) is 37.9 Å². The van der Waals surface area contributed by atoms with Crippen LogP contribution in [-0.2, 0) is 0 Å². The number of amides is 2. The average Bonchev–Trinajstić information content (AvgIpc) is 2.59. The predicted octanol–water partition coefficient (Wildman–Crippen LogP) is 3.49. The van der Waals surface area contributed by atoms with Crippen LogP contribution in [0.2, 0.25) is 0 Å². The molecule has 144 valence electrons. The Morgan fingerprint density at radius 3 is 2.85 bits per heavy atom. The van der Waals surface area contributed by atoms with Gasteiger partial charge in [-0.05, 0) is 63.9 Å². The first-order valence-electron chi connectivity index (χ1n) is 9.41. The van der Waals surface area contributed by atoms with Crippen molar-refractivity contribution in [2.75, 3.05) is 42.6 Å². The van der Waals surface area contributed by atoms with Crippen LogP contribution in [-0.4, -0.2) is 47.6 Å². The molecule has 0 saturated carbocycles. The zero-order chi connectivity index (χ0) is 19.2. The van der Waals surface area contributed by atoms with Crippen molar-refractivity contribution in [2.45, 2.75) is 26.7 Å². The number of nitrogens with zero attached hydrogens (tertiary/aromatic N) is 3. The van der Waals surface area contributed by atoms with Gasteiger partial charge in [0, 0.05) is 30.5 Å². The van der Waals surface area contributed by atoms with Gasteiger partial charge in [-0.1, -0.05) is 12.1 Å². The van der Waals surface area contributed by atoms with Crippen LogP contribution in [0.15, 0.2) is 30.3 Å². The smallest absolute Gasteiger partial charge is 0.326 e. The van der Waals surface area contributed by atoms with Crippen LogP contribution in [0.1, 0.15) is 24.1 Å². The summed E-state index contributed by atoms with van der Waals surface area (Å²) in [5.74, 6) is 1.64. The largest absolute Gasteiger partial charge is 0.370 e. The van der Waals surface area contributed by atoms with E-state index in [0.29, 0.717) is 11.9 Å². The van der Waals surface area contributed by atoms with E-state index in [1.807, 2.05) is 44.2 Å². The van der Waals surface area contributed by atoms with E-state index in [0.717, 1.165) is 35.9 Å². The fourth-order valence-electron chi connectivity index (χ4n) is 3.39. The number of carbonyl (C=O) groups is 1. The first-order chi connectivity index (χ1) is 13.0. The predicted molar refractivity (Wildman–Crippen MR) is 109 cm³/mol. The number of urea groups is 1. The lowest BCUT2D eigenvalue weighted by atomic mass is 9.98. The fraction of sp³-hybridized carbons (Fsp3) is 0.450. The minimum atomic E-state index is -0.356. The van der Waals surface area contributed by atoms with Crippen LogP contribution in [0, 0.1) is 19.8 Å². The fourth-order valence-corrected chi connectivity index (χ4v) is 3.39. The zero-order valence-electron chi connectivity index (χ0n) is 16.2. The molecule has 0 radical (unpaired) electrons. The molecule has 1 fully saturated rings. The highest BCUT2D eigenvalue weighted by atomic mass is 16.2. The Labute approximate surface area is 160 Å². The SMILES string of the molecule is Cc1cccc(NC(=O)Nc2nc(C)cc(NCC3CCCN(C)C3)n2)c1. The molecule has 3 rings (SSSR count). The number of nitrogens with one attached hydrogen (secondary N) is 3. The van der Waals surface area contributed by atoms with Gasteiger partial charge in [-0.15, -0.1) is 0 Å². The van der Waals surface area contributed by atoms with Gasteiger partial charge in [-0.3, -0.25) is 5.32 Å². The van der Waals surface area contributed by atoms with Gasteiger partial charge in [0.25, 0.3) is 0 Å². The van der Waals surface area contributed by atoms with Gasteiger partial charge in [-0.2, -0.15) is 4.98 Å². The summed E-state index contributed by atoms with van der Waals surface area (Å²) in [5, 5.41) is 8.92. The summed E-state index contributed by atoms with van der Waals surface area (Å²) in [7, 11) is 2.16. The maximum atomic E-state index is 12.2. The van der Waals surface area contributed by atoms with Crippen molar-refractivity contribution in [1.82, 2.24) is 14.9 Å². The van der Waals surface area contributed by atoms with Gasteiger partial charge in [0.05, 0.1) is 0 Å². The summed E-state index contributed by atoms with van der Waals surface area (Å²) in [6.45, 7) is 7.02. The van der Waals surface area contributed by atoms with Crippen LogP contribution < -0.4 is 16.0 Å². The van der Waals surface area contributed by atoms with Gasteiger partial charge >= 0.3 is 6.03 Å². The molecule has 2 heterocycles. The Kier molecular flexibility index (Phi) is 6.24. The van der Waals surface area contributed by atoms with Crippen LogP contribution in [0.3, 0.4) is 0 Å². The van der Waals surface area contributed by atoms with E-state index in [4.69, 9.17) is 0 Å². The van der Waals surface area contributed by atoms with Crippen LogP contribution >= 0.6 is 0 Å². The van der Waals surface area contributed by atoms with E-state index in [1.54, 1.807) is 0 Å². The quantitative estimate of drug-likeness (QED) is 0.752. The summed E-state index contributed by atoms with van der Waals surface area (Å²) >= 11 is 0. The molecule has 1 aromatic carbocycles. The summed E-state index contributed by atoms with van der Waals surface area (Å²) in [6, 6.07) is 9.18. The number of aryl methyl sites for hydroxylation is 2. The Bertz CT molecular complexity index is 794. The molecule has 3 N–H and O–H groups in total. The lowest BCUT2D eigenvalue weighted by Gasteiger charge is -2.29. The number of aromatic nitrogens is 2. The second kappa shape index (κ2) is 8.81. The molecule has 1 unspecified atom stereocenters. The highest BCUT2D eigenvalue weighted by Gasteiger charge is 2.17. The van der Waals surface area contributed by atoms with E-state index in [-0.39, 0.29) is 6.03 Å². The number of likely N-dealkylation sites (tertiary alicyclic amines) is 1. The van der Waals surface area contributed by atoms with Crippen molar-refractivity contribution in [2.24, 2.45) is 5.92 Å². The molecule has 2 aromatic rings. The number of anilines is 3. The Morgan fingerprint density at radius 2 is 2.07 bits per heavy atom. The van der Waals surface area contributed by atoms with E-state index >= 15 is 0 Å². The first kappa shape index (κ1) is 19.1. The maximum Gasteiger partial charge on any atom is 0.326 e.